The first-order valence-electron chi connectivity index (χ1n) is 17.0. The summed E-state index contributed by atoms with van der Waals surface area (Å²) >= 11 is 0. The fourth-order valence-corrected chi connectivity index (χ4v) is 7.22. The van der Waals surface area contributed by atoms with Gasteiger partial charge in [0.1, 0.15) is 17.5 Å². The van der Waals surface area contributed by atoms with Crippen LogP contribution < -0.4 is 25.2 Å². The topological polar surface area (TPSA) is 126 Å². The van der Waals surface area contributed by atoms with Crippen LogP contribution in [-0.2, 0) is 11.2 Å². The first-order chi connectivity index (χ1) is 22.4. The molecule has 4 heterocycles. The number of amides is 2. The van der Waals surface area contributed by atoms with Gasteiger partial charge in [-0.1, -0.05) is 13.0 Å². The molecule has 3 aliphatic heterocycles. The van der Waals surface area contributed by atoms with Crippen LogP contribution in [0.3, 0.4) is 0 Å². The summed E-state index contributed by atoms with van der Waals surface area (Å²) in [6, 6.07) is 3.31. The van der Waals surface area contributed by atoms with E-state index in [1.807, 2.05) is 13.0 Å². The number of likely N-dealkylation sites (N-methyl/N-ethyl adjacent to an activating group) is 1. The minimum atomic E-state index is -0.633. The average molecular weight is 631 g/mol. The minimum Gasteiger partial charge on any atom is -0.491 e. The fourth-order valence-electron chi connectivity index (χ4n) is 7.22. The highest BCUT2D eigenvalue weighted by molar-refractivity contribution is 6.05. The number of nitrogens with one attached hydrogen (secondary N) is 2. The van der Waals surface area contributed by atoms with Crippen LogP contribution >= 0.6 is 0 Å². The number of hydrogen-bond donors (Lipinski definition) is 3. The van der Waals surface area contributed by atoms with Gasteiger partial charge in [-0.05, 0) is 56.6 Å². The molecule has 0 unspecified atom stereocenters. The van der Waals surface area contributed by atoms with E-state index >= 15 is 0 Å². The number of piperazine rings is 1. The molecule has 0 radical (unpaired) electrons. The lowest BCUT2D eigenvalue weighted by molar-refractivity contribution is -0.119. The third-order valence-corrected chi connectivity index (χ3v) is 9.98. The van der Waals surface area contributed by atoms with E-state index in [1.54, 1.807) is 24.2 Å². The van der Waals surface area contributed by atoms with Crippen molar-refractivity contribution in [2.45, 2.75) is 64.0 Å². The molecule has 0 spiro atoms. The van der Waals surface area contributed by atoms with Gasteiger partial charge >= 0.3 is 0 Å². The summed E-state index contributed by atoms with van der Waals surface area (Å²) in [5.74, 6) is 2.45. The summed E-state index contributed by atoms with van der Waals surface area (Å²) in [6.45, 7) is 8.47. The molecule has 1 aromatic carbocycles. The number of ether oxygens (including phenoxy) is 1. The van der Waals surface area contributed by atoms with Crippen molar-refractivity contribution in [1.29, 1.82) is 0 Å². The predicted octanol–water partition coefficient (Wildman–Crippen LogP) is 2.90. The summed E-state index contributed by atoms with van der Waals surface area (Å²) in [6.07, 6.45) is 10.3. The summed E-state index contributed by atoms with van der Waals surface area (Å²) in [4.78, 5) is 44.5. The third-order valence-electron chi connectivity index (χ3n) is 9.98. The molecule has 12 nitrogen and oxygen atoms in total. The molecule has 12 heteroatoms. The molecule has 3 N–H and O–H groups in total. The van der Waals surface area contributed by atoms with Crippen LogP contribution in [-0.4, -0.2) is 108 Å². The Balaban J connectivity index is 1.01. The number of aliphatic hydroxyl groups excluding tert-OH is 1. The maximum Gasteiger partial charge on any atom is 0.251 e. The van der Waals surface area contributed by atoms with Crippen molar-refractivity contribution >= 4 is 35.0 Å². The first kappa shape index (κ1) is 30.9. The monoisotopic (exact) mass is 630 g/mol. The lowest BCUT2D eigenvalue weighted by atomic mass is 10.0. The van der Waals surface area contributed by atoms with Crippen molar-refractivity contribution in [3.63, 3.8) is 0 Å². The van der Waals surface area contributed by atoms with E-state index in [1.165, 1.54) is 19.4 Å². The number of anilines is 4. The number of β-amino-alcohol motifs (C(OH)–C–C–N with tert-alkyl or cyclic N) is 1. The summed E-state index contributed by atoms with van der Waals surface area (Å²) in [7, 11) is 1.78. The van der Waals surface area contributed by atoms with Gasteiger partial charge in [0.05, 0.1) is 24.6 Å². The second-order valence-corrected chi connectivity index (χ2v) is 13.3. The smallest absolute Gasteiger partial charge is 0.251 e. The largest absolute Gasteiger partial charge is 0.491 e. The van der Waals surface area contributed by atoms with Gasteiger partial charge in [0, 0.05) is 76.1 Å². The standard InChI is InChI=1S/C34H46N8O4/c1-3-28-33(45)39(2)29-19-36-34(38-31(29)42(28)23-6-4-5-7-23)37-27-11-10-26(25-12-17-46-30(25)27)32(44)35-18-24(43)21-41-15-13-40(14-16-41)20-22-8-9-22/h6,10-11,19,22,24,28,43H,3-5,7-9,12-18,20-21H2,1-2H3,(H,35,44)(H,36,37,38)/t24-,28+/m0/s1. The molecule has 2 fully saturated rings. The molecule has 46 heavy (non-hydrogen) atoms. The summed E-state index contributed by atoms with van der Waals surface area (Å²) < 4.78 is 6.01. The van der Waals surface area contributed by atoms with Crippen LogP contribution in [0, 0.1) is 5.92 Å². The van der Waals surface area contributed by atoms with Crippen molar-refractivity contribution in [3.8, 4) is 5.75 Å². The summed E-state index contributed by atoms with van der Waals surface area (Å²) in [5.41, 5.74) is 3.88. The zero-order valence-corrected chi connectivity index (χ0v) is 27.0. The number of carbonyl (C=O) groups is 2. The van der Waals surface area contributed by atoms with Crippen molar-refractivity contribution in [2.24, 2.45) is 5.92 Å². The zero-order valence-electron chi connectivity index (χ0n) is 27.0. The highest BCUT2D eigenvalue weighted by Gasteiger charge is 2.39. The molecule has 1 aromatic heterocycles. The van der Waals surface area contributed by atoms with Crippen LogP contribution in [0.5, 0.6) is 5.75 Å². The van der Waals surface area contributed by atoms with E-state index in [0.29, 0.717) is 60.4 Å². The Morgan fingerprint density at radius 2 is 1.96 bits per heavy atom. The van der Waals surface area contributed by atoms with Crippen LogP contribution in [0.1, 0.15) is 61.4 Å². The normalized spacial score (nSPS) is 22.3. The number of aromatic nitrogens is 2. The molecule has 1 saturated heterocycles. The fraction of sp³-hybridized carbons (Fsp3) is 0.588. The molecule has 2 atom stereocenters. The van der Waals surface area contributed by atoms with E-state index in [-0.39, 0.29) is 24.4 Å². The Bertz CT molecular complexity index is 1500. The molecule has 2 aliphatic carbocycles. The van der Waals surface area contributed by atoms with E-state index in [2.05, 4.69) is 36.4 Å². The summed E-state index contributed by atoms with van der Waals surface area (Å²) in [5, 5.41) is 17.0. The Labute approximate surface area is 270 Å². The molecule has 0 bridgehead atoms. The Morgan fingerprint density at radius 3 is 2.70 bits per heavy atom. The van der Waals surface area contributed by atoms with Crippen LogP contribution in [0.25, 0.3) is 0 Å². The van der Waals surface area contributed by atoms with Gasteiger partial charge in [0.15, 0.2) is 5.82 Å². The molecule has 7 rings (SSSR count). The Morgan fingerprint density at radius 1 is 1.15 bits per heavy atom. The van der Waals surface area contributed by atoms with E-state index in [4.69, 9.17) is 9.72 Å². The second-order valence-electron chi connectivity index (χ2n) is 13.3. The number of benzene rings is 1. The van der Waals surface area contributed by atoms with Gasteiger partial charge in [-0.15, -0.1) is 0 Å². The van der Waals surface area contributed by atoms with Crippen LogP contribution in [0.4, 0.5) is 23.1 Å². The van der Waals surface area contributed by atoms with Gasteiger partial charge < -0.3 is 35.2 Å². The number of aliphatic hydroxyl groups is 1. The molecule has 246 valence electrons. The molecular weight excluding hydrogens is 584 g/mol. The number of rotatable bonds is 11. The van der Waals surface area contributed by atoms with Gasteiger partial charge in [0.25, 0.3) is 5.91 Å². The lowest BCUT2D eigenvalue weighted by Gasteiger charge is -2.41. The van der Waals surface area contributed by atoms with Crippen molar-refractivity contribution in [1.82, 2.24) is 25.1 Å². The molecule has 2 amide bonds. The molecule has 1 saturated carbocycles. The second kappa shape index (κ2) is 13.2. The Hall–Kier alpha value is -3.74. The molecular formula is C34H46N8O4. The molecule has 2 aromatic rings. The number of fused-ring (bicyclic) bond motifs is 2. The van der Waals surface area contributed by atoms with Gasteiger partial charge in [-0.2, -0.15) is 4.98 Å². The highest BCUT2D eigenvalue weighted by atomic mass is 16.5. The third kappa shape index (κ3) is 6.30. The lowest BCUT2D eigenvalue weighted by Crippen LogP contribution is -2.51. The van der Waals surface area contributed by atoms with Gasteiger partial charge in [-0.3, -0.25) is 14.5 Å². The predicted molar refractivity (Wildman–Crippen MR) is 177 cm³/mol. The number of carbonyl (C=O) groups excluding carboxylic acids is 2. The van der Waals surface area contributed by atoms with Gasteiger partial charge in [0.2, 0.25) is 11.9 Å². The number of hydrogen-bond acceptors (Lipinski definition) is 10. The quantitative estimate of drug-likeness (QED) is 0.341. The molecule has 5 aliphatic rings. The average Bonchev–Trinajstić information content (AvgIpc) is 3.47. The first-order valence-corrected chi connectivity index (χ1v) is 17.0. The van der Waals surface area contributed by atoms with Crippen LogP contribution in [0.15, 0.2) is 30.1 Å². The maximum atomic E-state index is 13.3. The van der Waals surface area contributed by atoms with E-state index in [9.17, 15) is 14.7 Å². The van der Waals surface area contributed by atoms with E-state index in [0.717, 1.165) is 62.6 Å². The zero-order chi connectivity index (χ0) is 31.8. The van der Waals surface area contributed by atoms with Crippen LogP contribution in [0.2, 0.25) is 0 Å². The minimum absolute atomic E-state index is 0.0432. The number of nitrogens with zero attached hydrogens (tertiary/aromatic N) is 6. The van der Waals surface area contributed by atoms with Gasteiger partial charge in [-0.25, -0.2) is 4.98 Å². The number of allylic oxidation sites excluding steroid dienone is 2. The van der Waals surface area contributed by atoms with Crippen molar-refractivity contribution in [3.05, 3.63) is 41.2 Å². The Kier molecular flexibility index (Phi) is 8.84. The maximum absolute atomic E-state index is 13.3. The highest BCUT2D eigenvalue weighted by Crippen LogP contribution is 2.41. The van der Waals surface area contributed by atoms with Crippen molar-refractivity contribution in [2.75, 3.05) is 74.6 Å². The van der Waals surface area contributed by atoms with Crippen molar-refractivity contribution < 1.29 is 19.4 Å². The van der Waals surface area contributed by atoms with E-state index < -0.39 is 6.10 Å². The SMILES string of the molecule is CC[C@@H]1C(=O)N(C)c2cnc(Nc3ccc(C(=O)NC[C@H](O)CN4CCN(CC5CC5)CC4)c4c3OCC4)nc2N1C1=CCCC1.